The summed E-state index contributed by atoms with van der Waals surface area (Å²) in [5.41, 5.74) is 7.10. The molecule has 8 aromatic carbocycles. The predicted molar refractivity (Wildman–Crippen MR) is 206 cm³/mol. The Kier molecular flexibility index (Phi) is 5.97. The molecule has 0 aliphatic carbocycles. The standard InChI is InChI=1S/C47H29N3/c48-30-31-17-19-32(20-18-31)37-13-8-14-39(27-37)45-29-44(49-47(50-45)36-10-2-1-3-11-36)34-21-23-35(24-22-34)46-41-16-7-5-12-38(41)28-43-40-15-6-4-9-33(40)25-26-42(43)46/h1-29H/i1D,2D,3D,10D,11D. The summed E-state index contributed by atoms with van der Waals surface area (Å²) < 4.78 is 42.3. The smallest absolute Gasteiger partial charge is 0.160 e. The Bertz CT molecular complexity index is 3010. The Hall–Kier alpha value is -6.89. The van der Waals surface area contributed by atoms with Crippen molar-refractivity contribution in [2.24, 2.45) is 0 Å². The number of aromatic nitrogens is 2. The van der Waals surface area contributed by atoms with Crippen LogP contribution >= 0.6 is 0 Å². The van der Waals surface area contributed by atoms with Gasteiger partial charge in [0.25, 0.3) is 0 Å². The molecule has 0 spiro atoms. The van der Waals surface area contributed by atoms with Crippen molar-refractivity contribution in [2.45, 2.75) is 0 Å². The molecule has 0 aliphatic heterocycles. The molecule has 0 radical (unpaired) electrons. The van der Waals surface area contributed by atoms with Crippen molar-refractivity contribution in [3.8, 4) is 62.2 Å². The molecule has 0 fully saturated rings. The highest BCUT2D eigenvalue weighted by Crippen LogP contribution is 2.40. The molecule has 9 aromatic rings. The largest absolute Gasteiger partial charge is 0.228 e. The third-order valence-corrected chi connectivity index (χ3v) is 9.19. The van der Waals surface area contributed by atoms with Crippen LogP contribution in [0.25, 0.3) is 88.5 Å². The van der Waals surface area contributed by atoms with Crippen molar-refractivity contribution in [1.29, 1.82) is 5.26 Å². The molecule has 0 unspecified atom stereocenters. The lowest BCUT2D eigenvalue weighted by Crippen LogP contribution is -1.96. The van der Waals surface area contributed by atoms with Gasteiger partial charge in [-0.25, -0.2) is 9.97 Å². The average molecular weight is 641 g/mol. The molecule has 1 aromatic heterocycles. The van der Waals surface area contributed by atoms with Crippen LogP contribution in [0.1, 0.15) is 12.4 Å². The molecule has 50 heavy (non-hydrogen) atoms. The maximum atomic E-state index is 9.29. The van der Waals surface area contributed by atoms with Crippen molar-refractivity contribution in [3.63, 3.8) is 0 Å². The van der Waals surface area contributed by atoms with E-state index < -0.39 is 18.1 Å². The van der Waals surface area contributed by atoms with Crippen molar-refractivity contribution >= 4 is 32.3 Å². The van der Waals surface area contributed by atoms with E-state index in [1.54, 1.807) is 12.1 Å². The van der Waals surface area contributed by atoms with Crippen LogP contribution in [-0.4, -0.2) is 9.97 Å². The lowest BCUT2D eigenvalue weighted by molar-refractivity contribution is 1.18. The molecule has 0 bridgehead atoms. The van der Waals surface area contributed by atoms with Gasteiger partial charge in [-0.05, 0) is 84.9 Å². The van der Waals surface area contributed by atoms with Gasteiger partial charge in [0.1, 0.15) is 0 Å². The van der Waals surface area contributed by atoms with E-state index in [0.29, 0.717) is 17.0 Å². The average Bonchev–Trinajstić information content (AvgIpc) is 3.24. The Morgan fingerprint density at radius 3 is 1.88 bits per heavy atom. The summed E-state index contributed by atoms with van der Waals surface area (Å²) in [6.45, 7) is 0. The quantitative estimate of drug-likeness (QED) is 0.139. The molecular weight excluding hydrogens is 607 g/mol. The zero-order chi connectivity index (χ0) is 37.8. The second-order valence-corrected chi connectivity index (χ2v) is 12.2. The monoisotopic (exact) mass is 640 g/mol. The van der Waals surface area contributed by atoms with Crippen LogP contribution in [0.3, 0.4) is 0 Å². The summed E-state index contributed by atoms with van der Waals surface area (Å²) in [5.74, 6) is 0.0317. The first-order chi connectivity index (χ1) is 26.8. The van der Waals surface area contributed by atoms with Crippen LogP contribution < -0.4 is 0 Å². The van der Waals surface area contributed by atoms with Crippen LogP contribution in [-0.2, 0) is 0 Å². The first kappa shape index (κ1) is 24.3. The zero-order valence-electron chi connectivity index (χ0n) is 31.7. The molecule has 3 nitrogen and oxygen atoms in total. The van der Waals surface area contributed by atoms with E-state index >= 15 is 0 Å². The van der Waals surface area contributed by atoms with E-state index in [1.807, 2.05) is 54.6 Å². The fourth-order valence-corrected chi connectivity index (χ4v) is 6.75. The van der Waals surface area contributed by atoms with E-state index in [2.05, 4.69) is 84.9 Å². The minimum Gasteiger partial charge on any atom is -0.228 e. The number of nitriles is 1. The minimum absolute atomic E-state index is 0.0317. The maximum Gasteiger partial charge on any atom is 0.160 e. The van der Waals surface area contributed by atoms with Gasteiger partial charge < -0.3 is 0 Å². The highest BCUT2D eigenvalue weighted by Gasteiger charge is 2.15. The van der Waals surface area contributed by atoms with Gasteiger partial charge in [-0.2, -0.15) is 5.26 Å². The van der Waals surface area contributed by atoms with E-state index in [0.717, 1.165) is 49.5 Å². The third kappa shape index (κ3) is 5.26. The highest BCUT2D eigenvalue weighted by atomic mass is 14.9. The van der Waals surface area contributed by atoms with Crippen molar-refractivity contribution < 1.29 is 6.85 Å². The first-order valence-electron chi connectivity index (χ1n) is 18.8. The minimum atomic E-state index is -0.477. The van der Waals surface area contributed by atoms with Crippen LogP contribution in [0, 0.1) is 11.3 Å². The second-order valence-electron chi connectivity index (χ2n) is 12.2. The summed E-state index contributed by atoms with van der Waals surface area (Å²) in [7, 11) is 0. The summed E-state index contributed by atoms with van der Waals surface area (Å²) >= 11 is 0. The fourth-order valence-electron chi connectivity index (χ4n) is 6.75. The SMILES string of the molecule is [2H]c1c([2H])c([2H])c(-c2nc(-c3ccc(-c4c5ccccc5cc5c4ccc4ccccc45)cc3)cc(-c3cccc(-c4ccc(C#N)cc4)c3)n2)c([2H])c1[2H]. The molecule has 1 heterocycles. The van der Waals surface area contributed by atoms with Crippen LogP contribution in [0.5, 0.6) is 0 Å². The molecule has 0 amide bonds. The van der Waals surface area contributed by atoms with Gasteiger partial charge in [0.05, 0.1) is 29.9 Å². The number of hydrogen-bond donors (Lipinski definition) is 0. The summed E-state index contributed by atoms with van der Waals surface area (Å²) in [6, 6.07) is 48.7. The number of hydrogen-bond acceptors (Lipinski definition) is 3. The van der Waals surface area contributed by atoms with Crippen LogP contribution in [0.15, 0.2) is 176 Å². The molecule has 0 saturated carbocycles. The number of benzene rings is 8. The fraction of sp³-hybridized carbons (Fsp3) is 0. The topological polar surface area (TPSA) is 49.6 Å². The summed E-state index contributed by atoms with van der Waals surface area (Å²) in [6.07, 6.45) is 0. The van der Waals surface area contributed by atoms with E-state index in [-0.39, 0.29) is 23.5 Å². The molecule has 0 saturated heterocycles. The van der Waals surface area contributed by atoms with Crippen LogP contribution in [0.4, 0.5) is 0 Å². The normalized spacial score (nSPS) is 12.6. The van der Waals surface area contributed by atoms with E-state index in [4.69, 9.17) is 16.8 Å². The Morgan fingerprint density at radius 2 is 1.10 bits per heavy atom. The molecule has 0 N–H and O–H groups in total. The van der Waals surface area contributed by atoms with Gasteiger partial charge in [-0.3, -0.25) is 0 Å². The van der Waals surface area contributed by atoms with Gasteiger partial charge in [0.2, 0.25) is 0 Å². The lowest BCUT2D eigenvalue weighted by atomic mass is 9.89. The molecule has 3 heteroatoms. The summed E-state index contributed by atoms with van der Waals surface area (Å²) in [4.78, 5) is 9.69. The van der Waals surface area contributed by atoms with Gasteiger partial charge in [-0.1, -0.05) is 145 Å². The molecule has 232 valence electrons. The maximum absolute atomic E-state index is 9.29. The van der Waals surface area contributed by atoms with E-state index in [9.17, 15) is 5.26 Å². The second kappa shape index (κ2) is 12.3. The molecule has 0 atom stereocenters. The zero-order valence-corrected chi connectivity index (χ0v) is 26.7. The lowest BCUT2D eigenvalue weighted by Gasteiger charge is -2.15. The van der Waals surface area contributed by atoms with Crippen molar-refractivity contribution in [1.82, 2.24) is 9.97 Å². The molecule has 9 rings (SSSR count). The van der Waals surface area contributed by atoms with Gasteiger partial charge in [0.15, 0.2) is 5.82 Å². The van der Waals surface area contributed by atoms with Gasteiger partial charge in [-0.15, -0.1) is 0 Å². The van der Waals surface area contributed by atoms with Gasteiger partial charge >= 0.3 is 0 Å². The first-order valence-corrected chi connectivity index (χ1v) is 16.3. The number of nitrogens with zero attached hydrogens (tertiary/aromatic N) is 3. The Labute approximate surface area is 297 Å². The van der Waals surface area contributed by atoms with E-state index in [1.165, 1.54) is 16.2 Å². The third-order valence-electron chi connectivity index (χ3n) is 9.19. The Morgan fingerprint density at radius 1 is 0.440 bits per heavy atom. The Balaban J connectivity index is 1.22. The highest BCUT2D eigenvalue weighted by molar-refractivity contribution is 6.20. The molecule has 0 aliphatic rings. The number of rotatable bonds is 5. The van der Waals surface area contributed by atoms with Crippen molar-refractivity contribution in [3.05, 3.63) is 181 Å². The summed E-state index contributed by atoms with van der Waals surface area (Å²) in [5, 5.41) is 16.3. The number of fused-ring (bicyclic) bond motifs is 4. The molecular formula is C47H29N3. The van der Waals surface area contributed by atoms with Crippen molar-refractivity contribution in [2.75, 3.05) is 0 Å². The van der Waals surface area contributed by atoms with Crippen LogP contribution in [0.2, 0.25) is 0 Å². The predicted octanol–water partition coefficient (Wildman–Crippen LogP) is 12.1. The van der Waals surface area contributed by atoms with Gasteiger partial charge in [0, 0.05) is 16.7 Å².